The van der Waals surface area contributed by atoms with Crippen LogP contribution in [0, 0.1) is 0 Å². The highest BCUT2D eigenvalue weighted by Crippen LogP contribution is 2.19. The number of nitrogens with one attached hydrogen (secondary N) is 2. The summed E-state index contributed by atoms with van der Waals surface area (Å²) in [5, 5.41) is 4.48. The Balaban J connectivity index is 0.00000120. The summed E-state index contributed by atoms with van der Waals surface area (Å²) < 4.78 is 0. The van der Waals surface area contributed by atoms with E-state index in [1.165, 1.54) is 11.8 Å². The van der Waals surface area contributed by atoms with Gasteiger partial charge in [-0.25, -0.2) is 10.4 Å². The fourth-order valence-electron chi connectivity index (χ4n) is 1.55. The van der Waals surface area contributed by atoms with Gasteiger partial charge in [0, 0.05) is 5.02 Å². The SMILES string of the molecule is Cl.O=C1NN=C(c2nc3ccc(Cl)cc3[nH]2)CS1. The van der Waals surface area contributed by atoms with Gasteiger partial charge in [-0.05, 0) is 18.2 Å². The molecule has 1 aliphatic rings. The van der Waals surface area contributed by atoms with Crippen molar-refractivity contribution in [3.63, 3.8) is 0 Å². The predicted molar refractivity (Wildman–Crippen MR) is 75.9 cm³/mol. The number of benzene rings is 1. The van der Waals surface area contributed by atoms with Gasteiger partial charge in [-0.15, -0.1) is 12.4 Å². The summed E-state index contributed by atoms with van der Waals surface area (Å²) in [6.45, 7) is 0. The second kappa shape index (κ2) is 5.17. The second-order valence-electron chi connectivity index (χ2n) is 3.49. The first-order valence-electron chi connectivity index (χ1n) is 4.87. The average molecular weight is 303 g/mol. The molecule has 18 heavy (non-hydrogen) atoms. The molecule has 0 saturated carbocycles. The Morgan fingerprint density at radius 3 is 2.94 bits per heavy atom. The first-order chi connectivity index (χ1) is 8.22. The van der Waals surface area contributed by atoms with Gasteiger partial charge in [0.1, 0.15) is 5.71 Å². The lowest BCUT2D eigenvalue weighted by atomic mass is 10.3. The summed E-state index contributed by atoms with van der Waals surface area (Å²) in [7, 11) is 0. The zero-order chi connectivity index (χ0) is 11.8. The highest BCUT2D eigenvalue weighted by Gasteiger charge is 2.16. The molecule has 3 rings (SSSR count). The molecule has 8 heteroatoms. The molecule has 0 spiro atoms. The number of thioether (sulfide) groups is 1. The lowest BCUT2D eigenvalue weighted by Crippen LogP contribution is -2.24. The molecule has 0 atom stereocenters. The zero-order valence-corrected chi connectivity index (χ0v) is 11.3. The number of amides is 1. The van der Waals surface area contributed by atoms with E-state index in [1.54, 1.807) is 6.07 Å². The minimum atomic E-state index is -0.145. The van der Waals surface area contributed by atoms with Gasteiger partial charge >= 0.3 is 0 Å². The number of carbonyl (C=O) groups excluding carboxylic acids is 1. The van der Waals surface area contributed by atoms with E-state index in [4.69, 9.17) is 11.6 Å². The van der Waals surface area contributed by atoms with Crippen molar-refractivity contribution in [2.24, 2.45) is 5.10 Å². The molecule has 5 nitrogen and oxygen atoms in total. The van der Waals surface area contributed by atoms with Crippen LogP contribution in [-0.4, -0.2) is 26.7 Å². The number of fused-ring (bicyclic) bond motifs is 1. The summed E-state index contributed by atoms with van der Waals surface area (Å²) in [4.78, 5) is 18.5. The minimum Gasteiger partial charge on any atom is -0.337 e. The molecule has 0 aliphatic carbocycles. The number of rotatable bonds is 1. The Hall–Kier alpha value is -1.24. The van der Waals surface area contributed by atoms with Gasteiger partial charge in [-0.3, -0.25) is 4.79 Å². The quantitative estimate of drug-likeness (QED) is 0.851. The normalized spacial score (nSPS) is 14.9. The number of carbonyl (C=O) groups is 1. The molecule has 2 heterocycles. The summed E-state index contributed by atoms with van der Waals surface area (Å²) >= 11 is 7.06. The van der Waals surface area contributed by atoms with Crippen LogP contribution in [0.15, 0.2) is 23.3 Å². The van der Waals surface area contributed by atoms with Crippen molar-refractivity contribution < 1.29 is 4.79 Å². The van der Waals surface area contributed by atoms with Crippen molar-refractivity contribution in [2.45, 2.75) is 0 Å². The summed E-state index contributed by atoms with van der Waals surface area (Å²) in [6, 6.07) is 5.43. The van der Waals surface area contributed by atoms with E-state index >= 15 is 0 Å². The molecule has 0 fully saturated rings. The van der Waals surface area contributed by atoms with Gasteiger partial charge in [-0.1, -0.05) is 23.4 Å². The number of hydrazone groups is 1. The van der Waals surface area contributed by atoms with Crippen LogP contribution < -0.4 is 5.43 Å². The van der Waals surface area contributed by atoms with Crippen LogP contribution in [0.4, 0.5) is 4.79 Å². The Labute approximate surface area is 118 Å². The second-order valence-corrected chi connectivity index (χ2v) is 4.88. The van der Waals surface area contributed by atoms with Gasteiger partial charge in [0.15, 0.2) is 5.82 Å². The van der Waals surface area contributed by atoms with Gasteiger partial charge in [0.2, 0.25) is 0 Å². The minimum absolute atomic E-state index is 0. The molecule has 1 amide bonds. The van der Waals surface area contributed by atoms with Crippen molar-refractivity contribution in [2.75, 3.05) is 5.75 Å². The van der Waals surface area contributed by atoms with Crippen molar-refractivity contribution in [3.8, 4) is 0 Å². The Bertz CT molecular complexity index is 640. The largest absolute Gasteiger partial charge is 0.337 e. The fraction of sp³-hybridized carbons (Fsp3) is 0.100. The van der Waals surface area contributed by atoms with Gasteiger partial charge < -0.3 is 4.98 Å². The van der Waals surface area contributed by atoms with Crippen LogP contribution in [0.1, 0.15) is 5.82 Å². The average Bonchev–Trinajstić information content (AvgIpc) is 2.72. The third kappa shape index (κ3) is 2.45. The summed E-state index contributed by atoms with van der Waals surface area (Å²) in [6.07, 6.45) is 0. The number of nitrogens with zero attached hydrogens (tertiary/aromatic N) is 2. The van der Waals surface area contributed by atoms with E-state index < -0.39 is 0 Å². The summed E-state index contributed by atoms with van der Waals surface area (Å²) in [5.74, 6) is 1.18. The van der Waals surface area contributed by atoms with Crippen molar-refractivity contribution in [1.29, 1.82) is 0 Å². The third-order valence-corrected chi connectivity index (χ3v) is 3.35. The Kier molecular flexibility index (Phi) is 3.79. The Morgan fingerprint density at radius 2 is 2.22 bits per heavy atom. The topological polar surface area (TPSA) is 70.1 Å². The van der Waals surface area contributed by atoms with Crippen molar-refractivity contribution >= 4 is 57.8 Å². The van der Waals surface area contributed by atoms with E-state index in [-0.39, 0.29) is 17.6 Å². The standard InChI is InChI=1S/C10H7ClN4OS.ClH/c11-5-1-2-6-7(3-5)13-9(12-6)8-4-17-10(16)15-14-8;/h1-3H,4H2,(H,12,13)(H,15,16);1H. The zero-order valence-electron chi connectivity index (χ0n) is 8.94. The van der Waals surface area contributed by atoms with Crippen LogP contribution in [0.25, 0.3) is 11.0 Å². The highest BCUT2D eigenvalue weighted by atomic mass is 35.5. The first kappa shape index (κ1) is 13.2. The third-order valence-electron chi connectivity index (χ3n) is 2.34. The number of H-pyrrole nitrogens is 1. The number of hydrogen-bond acceptors (Lipinski definition) is 4. The van der Waals surface area contributed by atoms with Crippen LogP contribution in [0.5, 0.6) is 0 Å². The number of aromatic amines is 1. The summed E-state index contributed by atoms with van der Waals surface area (Å²) in [5.41, 5.74) is 4.82. The van der Waals surface area contributed by atoms with E-state index in [1.807, 2.05) is 12.1 Å². The number of halogens is 2. The van der Waals surface area contributed by atoms with Crippen LogP contribution in [0.3, 0.4) is 0 Å². The molecule has 0 radical (unpaired) electrons. The van der Waals surface area contributed by atoms with Gasteiger partial charge in [0.05, 0.1) is 16.8 Å². The van der Waals surface area contributed by atoms with Crippen LogP contribution in [-0.2, 0) is 0 Å². The predicted octanol–water partition coefficient (Wildman–Crippen LogP) is 2.80. The van der Waals surface area contributed by atoms with Crippen molar-refractivity contribution in [3.05, 3.63) is 29.0 Å². The molecule has 1 aliphatic heterocycles. The first-order valence-corrected chi connectivity index (χ1v) is 6.24. The molecular formula is C10H8Cl2N4OS. The molecule has 1 aromatic carbocycles. The molecule has 94 valence electrons. The van der Waals surface area contributed by atoms with Crippen LogP contribution in [0.2, 0.25) is 5.02 Å². The molecule has 0 unspecified atom stereocenters. The maximum Gasteiger partial charge on any atom is 0.299 e. The molecule has 2 aromatic rings. The monoisotopic (exact) mass is 302 g/mol. The van der Waals surface area contributed by atoms with Crippen LogP contribution >= 0.6 is 35.8 Å². The van der Waals surface area contributed by atoms with E-state index in [2.05, 4.69) is 20.5 Å². The molecule has 0 bridgehead atoms. The maximum atomic E-state index is 11.0. The fourth-order valence-corrected chi connectivity index (χ4v) is 2.30. The molecule has 1 aromatic heterocycles. The highest BCUT2D eigenvalue weighted by molar-refractivity contribution is 8.14. The molecular weight excluding hydrogens is 295 g/mol. The molecule has 2 N–H and O–H groups in total. The van der Waals surface area contributed by atoms with Gasteiger partial charge in [-0.2, -0.15) is 5.10 Å². The molecule has 0 saturated heterocycles. The smallest absolute Gasteiger partial charge is 0.299 e. The van der Waals surface area contributed by atoms with Gasteiger partial charge in [0.25, 0.3) is 5.24 Å². The van der Waals surface area contributed by atoms with E-state index in [0.29, 0.717) is 16.6 Å². The van der Waals surface area contributed by atoms with Crippen molar-refractivity contribution in [1.82, 2.24) is 15.4 Å². The van der Waals surface area contributed by atoms with E-state index in [0.717, 1.165) is 16.7 Å². The number of imidazole rings is 1. The maximum absolute atomic E-state index is 11.0. The lowest BCUT2D eigenvalue weighted by molar-refractivity contribution is 0.261. The number of aromatic nitrogens is 2. The Morgan fingerprint density at radius 1 is 1.39 bits per heavy atom. The lowest BCUT2D eigenvalue weighted by Gasteiger charge is -2.08. The van der Waals surface area contributed by atoms with E-state index in [9.17, 15) is 4.79 Å². The number of hydrogen-bond donors (Lipinski definition) is 2.